The summed E-state index contributed by atoms with van der Waals surface area (Å²) in [6.07, 6.45) is 0. The van der Waals surface area contributed by atoms with Crippen molar-refractivity contribution in [2.24, 2.45) is 0 Å². The standard InChI is InChI=1S/C57H37N5/c58-38-39-15-12-22-45(33-39)47-24-14-26-49(35-47)55-37-54(43-20-8-3-9-21-43)61-57(62-55)51-28-11-10-27-50(51)48-25-13-23-46(34-48)40-29-31-44(32-30-40)56-59-52(41-16-4-1-5-17-41)36-53(60-56)42-18-6-2-7-19-42/h1-37H. The molecule has 0 aliphatic heterocycles. The molecule has 10 aromatic rings. The molecule has 0 spiro atoms. The second-order valence-electron chi connectivity index (χ2n) is 15.0. The smallest absolute Gasteiger partial charge is 0.161 e. The van der Waals surface area contributed by atoms with Crippen LogP contribution in [0.25, 0.3) is 101 Å². The lowest BCUT2D eigenvalue weighted by molar-refractivity contribution is 1.18. The molecular formula is C57H37N5. The molecule has 62 heavy (non-hydrogen) atoms. The van der Waals surface area contributed by atoms with E-state index in [4.69, 9.17) is 19.9 Å². The van der Waals surface area contributed by atoms with E-state index in [0.29, 0.717) is 17.2 Å². The molecule has 8 aromatic carbocycles. The van der Waals surface area contributed by atoms with Crippen molar-refractivity contribution in [1.82, 2.24) is 19.9 Å². The minimum Gasteiger partial charge on any atom is -0.228 e. The van der Waals surface area contributed by atoms with E-state index >= 15 is 0 Å². The first-order valence-corrected chi connectivity index (χ1v) is 20.5. The van der Waals surface area contributed by atoms with Crippen LogP contribution in [-0.4, -0.2) is 19.9 Å². The first-order valence-electron chi connectivity index (χ1n) is 20.5. The fourth-order valence-corrected chi connectivity index (χ4v) is 7.80. The lowest BCUT2D eigenvalue weighted by atomic mass is 9.95. The van der Waals surface area contributed by atoms with E-state index in [-0.39, 0.29) is 0 Å². The SMILES string of the molecule is N#Cc1cccc(-c2cccc(-c3cc(-c4ccccc4)nc(-c4ccccc4-c4cccc(-c5ccc(-c6nc(-c7ccccc7)cc(-c7ccccc7)n6)cc5)c4)n3)c2)c1. The number of nitriles is 1. The average molecular weight is 792 g/mol. The van der Waals surface area contributed by atoms with Gasteiger partial charge in [-0.15, -0.1) is 0 Å². The van der Waals surface area contributed by atoms with Gasteiger partial charge in [0, 0.05) is 33.4 Å². The number of nitrogens with zero attached hydrogens (tertiary/aromatic N) is 5. The molecule has 0 atom stereocenters. The Bertz CT molecular complexity index is 3170. The van der Waals surface area contributed by atoms with Gasteiger partial charge in [0.2, 0.25) is 0 Å². The molecule has 0 aliphatic carbocycles. The van der Waals surface area contributed by atoms with Crippen LogP contribution in [-0.2, 0) is 0 Å². The van der Waals surface area contributed by atoms with Crippen LogP contribution in [0.15, 0.2) is 224 Å². The van der Waals surface area contributed by atoms with Gasteiger partial charge >= 0.3 is 0 Å². The van der Waals surface area contributed by atoms with Crippen LogP contribution >= 0.6 is 0 Å². The Morgan fingerprint density at radius 2 is 0.645 bits per heavy atom. The zero-order valence-electron chi connectivity index (χ0n) is 33.6. The highest BCUT2D eigenvalue weighted by Crippen LogP contribution is 2.37. The highest BCUT2D eigenvalue weighted by Gasteiger charge is 2.16. The van der Waals surface area contributed by atoms with E-state index in [1.165, 1.54) is 0 Å². The average Bonchev–Trinajstić information content (AvgIpc) is 3.37. The van der Waals surface area contributed by atoms with Gasteiger partial charge in [0.15, 0.2) is 11.6 Å². The predicted octanol–water partition coefficient (Wildman–Crippen LogP) is 14.1. The Balaban J connectivity index is 1.01. The van der Waals surface area contributed by atoms with Crippen LogP contribution in [0.4, 0.5) is 0 Å². The van der Waals surface area contributed by atoms with E-state index in [1.807, 2.05) is 91.0 Å². The summed E-state index contributed by atoms with van der Waals surface area (Å²) < 4.78 is 0. The molecule has 0 saturated heterocycles. The summed E-state index contributed by atoms with van der Waals surface area (Å²) in [6.45, 7) is 0. The Labute approximate surface area is 361 Å². The van der Waals surface area contributed by atoms with Crippen LogP contribution < -0.4 is 0 Å². The van der Waals surface area contributed by atoms with Crippen LogP contribution in [0, 0.1) is 11.3 Å². The fourth-order valence-electron chi connectivity index (χ4n) is 7.80. The monoisotopic (exact) mass is 791 g/mol. The molecule has 0 N–H and O–H groups in total. The zero-order chi connectivity index (χ0) is 41.7. The lowest BCUT2D eigenvalue weighted by Crippen LogP contribution is -1.97. The van der Waals surface area contributed by atoms with Crippen molar-refractivity contribution in [2.45, 2.75) is 0 Å². The van der Waals surface area contributed by atoms with Crippen molar-refractivity contribution in [3.05, 3.63) is 230 Å². The van der Waals surface area contributed by atoms with Gasteiger partial charge in [0.25, 0.3) is 0 Å². The summed E-state index contributed by atoms with van der Waals surface area (Å²) in [5, 5.41) is 9.55. The van der Waals surface area contributed by atoms with Crippen LogP contribution in [0.5, 0.6) is 0 Å². The number of benzene rings is 8. The highest BCUT2D eigenvalue weighted by atomic mass is 14.9. The molecular weight excluding hydrogens is 755 g/mol. The molecule has 0 fully saturated rings. The van der Waals surface area contributed by atoms with Crippen molar-refractivity contribution < 1.29 is 0 Å². The molecule has 0 bridgehead atoms. The third-order valence-corrected chi connectivity index (χ3v) is 11.0. The van der Waals surface area contributed by atoms with Crippen LogP contribution in [0.3, 0.4) is 0 Å². The zero-order valence-corrected chi connectivity index (χ0v) is 33.6. The molecule has 290 valence electrons. The molecule has 0 saturated carbocycles. The Kier molecular flexibility index (Phi) is 10.3. The first kappa shape index (κ1) is 37.7. The third-order valence-electron chi connectivity index (χ3n) is 11.0. The topological polar surface area (TPSA) is 75.3 Å². The van der Waals surface area contributed by atoms with Crippen molar-refractivity contribution in [2.75, 3.05) is 0 Å². The van der Waals surface area contributed by atoms with Gasteiger partial charge in [-0.25, -0.2) is 19.9 Å². The minimum absolute atomic E-state index is 0.623. The third kappa shape index (κ3) is 7.92. The number of hydrogen-bond donors (Lipinski definition) is 0. The van der Waals surface area contributed by atoms with Crippen molar-refractivity contribution in [3.63, 3.8) is 0 Å². The number of rotatable bonds is 9. The predicted molar refractivity (Wildman–Crippen MR) is 251 cm³/mol. The molecule has 5 nitrogen and oxygen atoms in total. The fraction of sp³-hybridized carbons (Fsp3) is 0. The van der Waals surface area contributed by atoms with Gasteiger partial charge in [0.05, 0.1) is 34.4 Å². The molecule has 0 unspecified atom stereocenters. The molecule has 2 heterocycles. The molecule has 0 radical (unpaired) electrons. The first-order chi connectivity index (χ1) is 30.6. The quantitative estimate of drug-likeness (QED) is 0.145. The maximum absolute atomic E-state index is 9.55. The summed E-state index contributed by atoms with van der Waals surface area (Å²) in [4.78, 5) is 20.5. The largest absolute Gasteiger partial charge is 0.228 e. The summed E-state index contributed by atoms with van der Waals surface area (Å²) in [7, 11) is 0. The summed E-state index contributed by atoms with van der Waals surface area (Å²) in [6, 6.07) is 78.6. The number of aromatic nitrogens is 4. The van der Waals surface area contributed by atoms with Gasteiger partial charge in [-0.2, -0.15) is 5.26 Å². The number of hydrogen-bond acceptors (Lipinski definition) is 5. The minimum atomic E-state index is 0.623. The normalized spacial score (nSPS) is 10.9. The maximum atomic E-state index is 9.55. The van der Waals surface area contributed by atoms with Gasteiger partial charge in [0.1, 0.15) is 0 Å². The molecule has 10 rings (SSSR count). The van der Waals surface area contributed by atoms with Crippen molar-refractivity contribution in [3.8, 4) is 107 Å². The summed E-state index contributed by atoms with van der Waals surface area (Å²) in [5.74, 6) is 1.31. The van der Waals surface area contributed by atoms with Crippen LogP contribution in [0.2, 0.25) is 0 Å². The maximum Gasteiger partial charge on any atom is 0.161 e. The highest BCUT2D eigenvalue weighted by molar-refractivity contribution is 5.85. The summed E-state index contributed by atoms with van der Waals surface area (Å²) >= 11 is 0. The molecule has 0 aliphatic rings. The van der Waals surface area contributed by atoms with Gasteiger partial charge in [-0.1, -0.05) is 188 Å². The molecule has 5 heteroatoms. The molecule has 2 aromatic heterocycles. The van der Waals surface area contributed by atoms with E-state index in [9.17, 15) is 5.26 Å². The second kappa shape index (κ2) is 16.9. The van der Waals surface area contributed by atoms with E-state index in [0.717, 1.165) is 89.5 Å². The van der Waals surface area contributed by atoms with E-state index < -0.39 is 0 Å². The van der Waals surface area contributed by atoms with Crippen LogP contribution in [0.1, 0.15) is 5.56 Å². The van der Waals surface area contributed by atoms with Gasteiger partial charge in [-0.3, -0.25) is 0 Å². The Morgan fingerprint density at radius 3 is 1.21 bits per heavy atom. The second-order valence-corrected chi connectivity index (χ2v) is 15.0. The molecule has 0 amide bonds. The summed E-state index contributed by atoms with van der Waals surface area (Å²) in [5.41, 5.74) is 16.2. The van der Waals surface area contributed by atoms with Gasteiger partial charge in [-0.05, 0) is 69.8 Å². The van der Waals surface area contributed by atoms with Crippen molar-refractivity contribution in [1.29, 1.82) is 5.26 Å². The van der Waals surface area contributed by atoms with E-state index in [1.54, 1.807) is 0 Å². The van der Waals surface area contributed by atoms with E-state index in [2.05, 4.69) is 140 Å². The lowest BCUT2D eigenvalue weighted by Gasteiger charge is -2.14. The van der Waals surface area contributed by atoms with Crippen molar-refractivity contribution >= 4 is 0 Å². The van der Waals surface area contributed by atoms with Gasteiger partial charge < -0.3 is 0 Å². The Hall–Kier alpha value is -8.59. The Morgan fingerprint density at radius 1 is 0.258 bits per heavy atom.